The zero-order valence-electron chi connectivity index (χ0n) is 10.8. The number of aliphatic carboxylic acids is 1. The molecule has 2 fully saturated rings. The molecule has 1 amide bonds. The quantitative estimate of drug-likeness (QED) is 0.778. The van der Waals surface area contributed by atoms with E-state index in [1.807, 2.05) is 6.92 Å². The van der Waals surface area contributed by atoms with Crippen molar-refractivity contribution in [2.45, 2.75) is 51.1 Å². The fourth-order valence-corrected chi connectivity index (χ4v) is 2.68. The zero-order chi connectivity index (χ0) is 13.3. The van der Waals surface area contributed by atoms with Gasteiger partial charge in [0.1, 0.15) is 6.04 Å². The molecular weight excluding hydrogens is 232 g/mol. The molecule has 1 heterocycles. The first-order valence-electron chi connectivity index (χ1n) is 6.77. The molecule has 0 aromatic heterocycles. The van der Waals surface area contributed by atoms with Crippen molar-refractivity contribution in [3.05, 3.63) is 0 Å². The van der Waals surface area contributed by atoms with E-state index in [-0.39, 0.29) is 11.9 Å². The van der Waals surface area contributed by atoms with E-state index in [4.69, 9.17) is 5.73 Å². The van der Waals surface area contributed by atoms with Crippen molar-refractivity contribution in [1.29, 1.82) is 0 Å². The first kappa shape index (κ1) is 13.3. The topological polar surface area (TPSA) is 83.6 Å². The standard InChI is InChI=1S/C13H22N2O3/c1-8-4-5-15(11(6-8)13(17)18)12(16)7-10(14)9-2-3-9/h8-11H,2-7,14H2,1H3,(H,17,18). The highest BCUT2D eigenvalue weighted by molar-refractivity contribution is 5.84. The van der Waals surface area contributed by atoms with Gasteiger partial charge in [0, 0.05) is 19.0 Å². The Hall–Kier alpha value is -1.10. The minimum atomic E-state index is -0.894. The largest absolute Gasteiger partial charge is 0.480 e. The molecule has 3 atom stereocenters. The average molecular weight is 254 g/mol. The normalized spacial score (nSPS) is 30.0. The van der Waals surface area contributed by atoms with Crippen LogP contribution in [0.25, 0.3) is 0 Å². The Bertz CT molecular complexity index is 341. The summed E-state index contributed by atoms with van der Waals surface area (Å²) in [5, 5.41) is 9.21. The van der Waals surface area contributed by atoms with E-state index < -0.39 is 12.0 Å². The highest BCUT2D eigenvalue weighted by Crippen LogP contribution is 2.33. The van der Waals surface area contributed by atoms with Gasteiger partial charge in [-0.05, 0) is 37.5 Å². The first-order valence-corrected chi connectivity index (χ1v) is 6.77. The van der Waals surface area contributed by atoms with Gasteiger partial charge in [0.15, 0.2) is 0 Å². The van der Waals surface area contributed by atoms with E-state index in [2.05, 4.69) is 0 Å². The summed E-state index contributed by atoms with van der Waals surface area (Å²) in [5.74, 6) is -0.142. The molecule has 102 valence electrons. The van der Waals surface area contributed by atoms with Crippen LogP contribution in [0, 0.1) is 11.8 Å². The fraction of sp³-hybridized carbons (Fsp3) is 0.846. The number of carboxylic acid groups (broad SMARTS) is 1. The summed E-state index contributed by atoms with van der Waals surface area (Å²) in [5.41, 5.74) is 5.94. The van der Waals surface area contributed by atoms with Gasteiger partial charge in [-0.25, -0.2) is 4.79 Å². The molecule has 2 aliphatic rings. The fourth-order valence-electron chi connectivity index (χ4n) is 2.68. The molecule has 0 aromatic carbocycles. The molecule has 1 aliphatic carbocycles. The van der Waals surface area contributed by atoms with Crippen LogP contribution in [-0.4, -0.2) is 40.5 Å². The Morgan fingerprint density at radius 3 is 2.61 bits per heavy atom. The summed E-state index contributed by atoms with van der Waals surface area (Å²) in [4.78, 5) is 24.9. The van der Waals surface area contributed by atoms with Crippen LogP contribution in [0.3, 0.4) is 0 Å². The van der Waals surface area contributed by atoms with Crippen LogP contribution in [0.5, 0.6) is 0 Å². The smallest absolute Gasteiger partial charge is 0.326 e. The Morgan fingerprint density at radius 1 is 1.39 bits per heavy atom. The molecule has 0 spiro atoms. The number of carboxylic acids is 1. The molecule has 1 saturated heterocycles. The van der Waals surface area contributed by atoms with Gasteiger partial charge in [-0.15, -0.1) is 0 Å². The molecule has 0 aromatic rings. The lowest BCUT2D eigenvalue weighted by Gasteiger charge is -2.36. The van der Waals surface area contributed by atoms with Gasteiger partial charge in [0.05, 0.1) is 0 Å². The highest BCUT2D eigenvalue weighted by Gasteiger charge is 2.37. The summed E-state index contributed by atoms with van der Waals surface area (Å²) in [7, 11) is 0. The summed E-state index contributed by atoms with van der Waals surface area (Å²) in [6.45, 7) is 2.59. The molecule has 3 N–H and O–H groups in total. The van der Waals surface area contributed by atoms with Gasteiger partial charge >= 0.3 is 5.97 Å². The summed E-state index contributed by atoms with van der Waals surface area (Å²) < 4.78 is 0. The summed E-state index contributed by atoms with van der Waals surface area (Å²) in [6, 6.07) is -0.751. The third-order valence-electron chi connectivity index (χ3n) is 4.11. The maximum absolute atomic E-state index is 12.1. The van der Waals surface area contributed by atoms with Gasteiger partial charge < -0.3 is 15.7 Å². The van der Waals surface area contributed by atoms with E-state index in [0.717, 1.165) is 19.3 Å². The van der Waals surface area contributed by atoms with Gasteiger partial charge in [0.25, 0.3) is 0 Å². The maximum atomic E-state index is 12.1. The van der Waals surface area contributed by atoms with E-state index in [9.17, 15) is 14.7 Å². The lowest BCUT2D eigenvalue weighted by molar-refractivity contribution is -0.153. The number of nitrogens with two attached hydrogens (primary N) is 1. The van der Waals surface area contributed by atoms with Crippen molar-refractivity contribution in [3.63, 3.8) is 0 Å². The van der Waals surface area contributed by atoms with Crippen molar-refractivity contribution >= 4 is 11.9 Å². The minimum Gasteiger partial charge on any atom is -0.480 e. The SMILES string of the molecule is CC1CCN(C(=O)CC(N)C2CC2)C(C(=O)O)C1. The molecule has 1 aliphatic heterocycles. The van der Waals surface area contributed by atoms with Crippen LogP contribution in [0.2, 0.25) is 0 Å². The van der Waals surface area contributed by atoms with E-state index in [1.54, 1.807) is 0 Å². The Kier molecular flexibility index (Phi) is 3.90. The van der Waals surface area contributed by atoms with Crippen molar-refractivity contribution in [2.24, 2.45) is 17.6 Å². The summed E-state index contributed by atoms with van der Waals surface area (Å²) >= 11 is 0. The number of piperidine rings is 1. The van der Waals surface area contributed by atoms with Gasteiger partial charge in [-0.3, -0.25) is 4.79 Å². The molecule has 18 heavy (non-hydrogen) atoms. The molecular formula is C13H22N2O3. The second-order valence-electron chi connectivity index (χ2n) is 5.78. The van der Waals surface area contributed by atoms with E-state index >= 15 is 0 Å². The van der Waals surface area contributed by atoms with Crippen molar-refractivity contribution < 1.29 is 14.7 Å². The highest BCUT2D eigenvalue weighted by atomic mass is 16.4. The number of rotatable bonds is 4. The number of carbonyl (C=O) groups is 2. The molecule has 0 bridgehead atoms. The van der Waals surface area contributed by atoms with Crippen LogP contribution in [0.15, 0.2) is 0 Å². The number of amides is 1. The average Bonchev–Trinajstić information content (AvgIpc) is 3.12. The van der Waals surface area contributed by atoms with Gasteiger partial charge in [-0.2, -0.15) is 0 Å². The van der Waals surface area contributed by atoms with Gasteiger partial charge in [-0.1, -0.05) is 6.92 Å². The Labute approximate surface area is 107 Å². The maximum Gasteiger partial charge on any atom is 0.326 e. The van der Waals surface area contributed by atoms with Crippen LogP contribution in [0.4, 0.5) is 0 Å². The van der Waals surface area contributed by atoms with Crippen molar-refractivity contribution in [3.8, 4) is 0 Å². The molecule has 1 saturated carbocycles. The second kappa shape index (κ2) is 5.26. The van der Waals surface area contributed by atoms with Crippen molar-refractivity contribution in [2.75, 3.05) is 6.54 Å². The van der Waals surface area contributed by atoms with Crippen LogP contribution < -0.4 is 5.73 Å². The monoisotopic (exact) mass is 254 g/mol. The molecule has 5 heteroatoms. The van der Waals surface area contributed by atoms with Crippen LogP contribution >= 0.6 is 0 Å². The van der Waals surface area contributed by atoms with Crippen molar-refractivity contribution in [1.82, 2.24) is 4.90 Å². The Balaban J connectivity index is 1.95. The number of likely N-dealkylation sites (tertiary alicyclic amines) is 1. The molecule has 3 unspecified atom stereocenters. The number of nitrogens with zero attached hydrogens (tertiary/aromatic N) is 1. The Morgan fingerprint density at radius 2 is 2.06 bits per heavy atom. The van der Waals surface area contributed by atoms with Crippen LogP contribution in [0.1, 0.15) is 39.0 Å². The predicted octanol–water partition coefficient (Wildman–Crippen LogP) is 0.825. The number of carbonyl (C=O) groups excluding carboxylic acids is 1. The number of hydrogen-bond acceptors (Lipinski definition) is 3. The van der Waals surface area contributed by atoms with E-state index in [0.29, 0.717) is 31.2 Å². The lowest BCUT2D eigenvalue weighted by atomic mass is 9.92. The number of hydrogen-bond donors (Lipinski definition) is 2. The van der Waals surface area contributed by atoms with Crippen LogP contribution in [-0.2, 0) is 9.59 Å². The second-order valence-corrected chi connectivity index (χ2v) is 5.78. The van der Waals surface area contributed by atoms with E-state index in [1.165, 1.54) is 4.90 Å². The molecule has 5 nitrogen and oxygen atoms in total. The third-order valence-corrected chi connectivity index (χ3v) is 4.11. The first-order chi connectivity index (χ1) is 8.49. The van der Waals surface area contributed by atoms with Gasteiger partial charge in [0.2, 0.25) is 5.91 Å². The zero-order valence-corrected chi connectivity index (χ0v) is 10.8. The minimum absolute atomic E-state index is 0.0892. The third kappa shape index (κ3) is 3.02. The predicted molar refractivity (Wildman–Crippen MR) is 66.9 cm³/mol. The summed E-state index contributed by atoms with van der Waals surface area (Å²) in [6.07, 6.45) is 3.94. The molecule has 2 rings (SSSR count). The molecule has 0 radical (unpaired) electrons. The lowest BCUT2D eigenvalue weighted by Crippen LogP contribution is -2.51.